The molecular formula is C15H19NO4. The number of amides is 1. The summed E-state index contributed by atoms with van der Waals surface area (Å²) in [6, 6.07) is 8.79. The Morgan fingerprint density at radius 1 is 1.30 bits per heavy atom. The Kier molecular flexibility index (Phi) is 4.61. The number of ether oxygens (including phenoxy) is 1. The molecule has 1 aromatic carbocycles. The second-order valence-electron chi connectivity index (χ2n) is 5.06. The van der Waals surface area contributed by atoms with Gasteiger partial charge in [-0.1, -0.05) is 24.6 Å². The molecule has 2 rings (SSSR count). The van der Waals surface area contributed by atoms with E-state index < -0.39 is 18.0 Å². The summed E-state index contributed by atoms with van der Waals surface area (Å²) in [5.74, 6) is -0.976. The van der Waals surface area contributed by atoms with Crippen molar-refractivity contribution < 1.29 is 19.4 Å². The molecule has 1 aromatic rings. The van der Waals surface area contributed by atoms with Crippen LogP contribution in [0, 0.1) is 5.92 Å². The summed E-state index contributed by atoms with van der Waals surface area (Å²) >= 11 is 0. The van der Waals surface area contributed by atoms with E-state index in [9.17, 15) is 9.59 Å². The maximum absolute atomic E-state index is 12.0. The summed E-state index contributed by atoms with van der Waals surface area (Å²) in [4.78, 5) is 23.1. The van der Waals surface area contributed by atoms with Crippen LogP contribution in [0.3, 0.4) is 0 Å². The zero-order valence-corrected chi connectivity index (χ0v) is 11.4. The van der Waals surface area contributed by atoms with Crippen LogP contribution in [0.4, 0.5) is 0 Å². The van der Waals surface area contributed by atoms with Gasteiger partial charge in [-0.3, -0.25) is 9.59 Å². The fraction of sp³-hybridized carbons (Fsp3) is 0.467. The number of carboxylic acids is 1. The van der Waals surface area contributed by atoms with Crippen LogP contribution in [0.15, 0.2) is 30.3 Å². The standard InChI is InChI=1S/C15H19NO4/c1-10(20-11-6-3-2-4-7-11)14(17)16-13-9-5-8-12(13)15(18)19/h2-4,6-7,10,12-13H,5,8-9H2,1H3,(H,16,17)(H,18,19)/t10?,12-,13+/m0/s1. The second kappa shape index (κ2) is 6.41. The molecule has 5 nitrogen and oxygen atoms in total. The van der Waals surface area contributed by atoms with Crippen molar-refractivity contribution in [2.75, 3.05) is 0 Å². The normalized spacial score (nSPS) is 23.1. The number of carboxylic acid groups (broad SMARTS) is 1. The number of nitrogens with one attached hydrogen (secondary N) is 1. The highest BCUT2D eigenvalue weighted by Gasteiger charge is 2.34. The molecule has 1 fully saturated rings. The minimum atomic E-state index is -0.843. The number of hydrogen-bond donors (Lipinski definition) is 2. The lowest BCUT2D eigenvalue weighted by Crippen LogP contribution is -2.45. The molecule has 1 aliphatic carbocycles. The summed E-state index contributed by atoms with van der Waals surface area (Å²) < 4.78 is 5.52. The van der Waals surface area contributed by atoms with Gasteiger partial charge in [0.25, 0.3) is 5.91 Å². The van der Waals surface area contributed by atoms with Crippen LogP contribution < -0.4 is 10.1 Å². The molecule has 5 heteroatoms. The Bertz CT molecular complexity index is 474. The fourth-order valence-corrected chi connectivity index (χ4v) is 2.49. The number of hydrogen-bond acceptors (Lipinski definition) is 3. The van der Waals surface area contributed by atoms with E-state index in [4.69, 9.17) is 9.84 Å². The molecule has 0 spiro atoms. The molecule has 1 unspecified atom stereocenters. The van der Waals surface area contributed by atoms with E-state index in [1.54, 1.807) is 19.1 Å². The van der Waals surface area contributed by atoms with Gasteiger partial charge >= 0.3 is 5.97 Å². The quantitative estimate of drug-likeness (QED) is 0.861. The van der Waals surface area contributed by atoms with Gasteiger partial charge in [-0.2, -0.15) is 0 Å². The molecule has 0 aliphatic heterocycles. The van der Waals surface area contributed by atoms with Gasteiger partial charge in [0.15, 0.2) is 6.10 Å². The first-order valence-electron chi connectivity index (χ1n) is 6.83. The maximum atomic E-state index is 12.0. The van der Waals surface area contributed by atoms with Crippen molar-refractivity contribution in [3.05, 3.63) is 30.3 Å². The van der Waals surface area contributed by atoms with E-state index in [2.05, 4.69) is 5.32 Å². The van der Waals surface area contributed by atoms with E-state index in [-0.39, 0.29) is 11.9 Å². The third-order valence-electron chi connectivity index (χ3n) is 3.59. The average Bonchev–Trinajstić information content (AvgIpc) is 2.88. The molecule has 2 N–H and O–H groups in total. The Morgan fingerprint density at radius 2 is 2.00 bits per heavy atom. The highest BCUT2D eigenvalue weighted by atomic mass is 16.5. The number of carbonyl (C=O) groups is 2. The summed E-state index contributed by atoms with van der Waals surface area (Å²) in [6.45, 7) is 1.66. The number of para-hydroxylation sites is 1. The SMILES string of the molecule is CC(Oc1ccccc1)C(=O)N[C@@H]1CCC[C@@H]1C(=O)O. The molecule has 108 valence electrons. The predicted molar refractivity (Wildman–Crippen MR) is 73.4 cm³/mol. The number of aliphatic carboxylic acids is 1. The summed E-state index contributed by atoms with van der Waals surface area (Å²) in [5, 5.41) is 11.9. The third kappa shape index (κ3) is 3.50. The second-order valence-corrected chi connectivity index (χ2v) is 5.06. The van der Waals surface area contributed by atoms with Crippen LogP contribution in [-0.2, 0) is 9.59 Å². The Morgan fingerprint density at radius 3 is 2.65 bits per heavy atom. The molecule has 0 heterocycles. The van der Waals surface area contributed by atoms with Crippen LogP contribution in [0.2, 0.25) is 0 Å². The van der Waals surface area contributed by atoms with Crippen LogP contribution >= 0.6 is 0 Å². The lowest BCUT2D eigenvalue weighted by atomic mass is 10.0. The summed E-state index contributed by atoms with van der Waals surface area (Å²) in [7, 11) is 0. The van der Waals surface area contributed by atoms with Crippen molar-refractivity contribution in [1.82, 2.24) is 5.32 Å². The van der Waals surface area contributed by atoms with Gasteiger partial charge in [0.05, 0.1) is 5.92 Å². The molecular weight excluding hydrogens is 258 g/mol. The van der Waals surface area contributed by atoms with Gasteiger partial charge in [0.2, 0.25) is 0 Å². The third-order valence-corrected chi connectivity index (χ3v) is 3.59. The Hall–Kier alpha value is -2.04. The van der Waals surface area contributed by atoms with Gasteiger partial charge in [-0.15, -0.1) is 0 Å². The lowest BCUT2D eigenvalue weighted by molar-refractivity contribution is -0.142. The van der Waals surface area contributed by atoms with Gasteiger partial charge in [-0.05, 0) is 31.9 Å². The monoisotopic (exact) mass is 277 g/mol. The van der Waals surface area contributed by atoms with Crippen LogP contribution in [0.5, 0.6) is 5.75 Å². The molecule has 20 heavy (non-hydrogen) atoms. The zero-order valence-electron chi connectivity index (χ0n) is 11.4. The fourth-order valence-electron chi connectivity index (χ4n) is 2.49. The smallest absolute Gasteiger partial charge is 0.308 e. The predicted octanol–water partition coefficient (Wildman–Crippen LogP) is 1.82. The number of rotatable bonds is 5. The highest BCUT2D eigenvalue weighted by molar-refractivity contribution is 5.82. The van der Waals surface area contributed by atoms with Crippen LogP contribution in [-0.4, -0.2) is 29.1 Å². The Labute approximate surface area is 117 Å². The highest BCUT2D eigenvalue weighted by Crippen LogP contribution is 2.26. The minimum absolute atomic E-state index is 0.271. The van der Waals surface area contributed by atoms with Crippen molar-refractivity contribution in [2.45, 2.75) is 38.3 Å². The number of benzene rings is 1. The van der Waals surface area contributed by atoms with E-state index in [0.29, 0.717) is 18.6 Å². The van der Waals surface area contributed by atoms with Crippen LogP contribution in [0.25, 0.3) is 0 Å². The summed E-state index contributed by atoms with van der Waals surface area (Å²) in [6.07, 6.45) is 1.51. The largest absolute Gasteiger partial charge is 0.481 e. The topological polar surface area (TPSA) is 75.6 Å². The first kappa shape index (κ1) is 14.4. The minimum Gasteiger partial charge on any atom is -0.481 e. The van der Waals surface area contributed by atoms with Crippen molar-refractivity contribution in [2.24, 2.45) is 5.92 Å². The lowest BCUT2D eigenvalue weighted by Gasteiger charge is -2.21. The maximum Gasteiger partial charge on any atom is 0.308 e. The van der Waals surface area contributed by atoms with Crippen LogP contribution in [0.1, 0.15) is 26.2 Å². The Balaban J connectivity index is 1.89. The van der Waals surface area contributed by atoms with Crippen molar-refractivity contribution in [3.63, 3.8) is 0 Å². The van der Waals surface area contributed by atoms with E-state index in [0.717, 1.165) is 6.42 Å². The molecule has 1 aliphatic rings. The number of carbonyl (C=O) groups excluding carboxylic acids is 1. The average molecular weight is 277 g/mol. The van der Waals surface area contributed by atoms with Gasteiger partial charge < -0.3 is 15.2 Å². The first-order chi connectivity index (χ1) is 9.58. The van der Waals surface area contributed by atoms with Crippen molar-refractivity contribution >= 4 is 11.9 Å². The molecule has 0 aromatic heterocycles. The summed E-state index contributed by atoms with van der Waals surface area (Å²) in [5.41, 5.74) is 0. The molecule has 0 saturated heterocycles. The molecule has 1 saturated carbocycles. The van der Waals surface area contributed by atoms with Gasteiger partial charge in [0.1, 0.15) is 5.75 Å². The van der Waals surface area contributed by atoms with Crippen molar-refractivity contribution in [3.8, 4) is 5.75 Å². The molecule has 1 amide bonds. The zero-order chi connectivity index (χ0) is 14.5. The molecule has 0 radical (unpaired) electrons. The van der Waals surface area contributed by atoms with Gasteiger partial charge in [-0.25, -0.2) is 0 Å². The van der Waals surface area contributed by atoms with E-state index in [1.807, 2.05) is 18.2 Å². The van der Waals surface area contributed by atoms with Crippen molar-refractivity contribution in [1.29, 1.82) is 0 Å². The first-order valence-corrected chi connectivity index (χ1v) is 6.83. The molecule has 3 atom stereocenters. The van der Waals surface area contributed by atoms with Gasteiger partial charge in [0, 0.05) is 6.04 Å². The van der Waals surface area contributed by atoms with E-state index in [1.165, 1.54) is 0 Å². The van der Waals surface area contributed by atoms with E-state index >= 15 is 0 Å². The molecule has 0 bridgehead atoms.